The standard InChI is InChI=1S/C9H8BrN3O3/c10-6-1-2-7(14)5(3-6)4-12-13-9(16)8(11)15/h1-4,14H,(H2,11,15)(H,13,16)/b12-4+. The minimum Gasteiger partial charge on any atom is -0.507 e. The van der Waals surface area contributed by atoms with Crippen molar-refractivity contribution in [3.05, 3.63) is 28.2 Å². The SMILES string of the molecule is NC(=O)C(=O)N/N=C/c1cc(Br)ccc1O. The largest absolute Gasteiger partial charge is 0.507 e. The highest BCUT2D eigenvalue weighted by molar-refractivity contribution is 9.10. The maximum atomic E-state index is 10.7. The second-order valence-electron chi connectivity index (χ2n) is 2.77. The molecule has 2 amide bonds. The number of hydrogen-bond acceptors (Lipinski definition) is 4. The number of rotatable bonds is 2. The van der Waals surface area contributed by atoms with Crippen LogP contribution in [0, 0.1) is 0 Å². The number of benzene rings is 1. The zero-order valence-electron chi connectivity index (χ0n) is 7.98. The van der Waals surface area contributed by atoms with E-state index in [0.717, 1.165) is 4.47 Å². The van der Waals surface area contributed by atoms with Gasteiger partial charge in [0.15, 0.2) is 0 Å². The zero-order chi connectivity index (χ0) is 12.1. The van der Waals surface area contributed by atoms with Gasteiger partial charge in [-0.15, -0.1) is 0 Å². The Bertz CT molecular complexity index is 459. The molecule has 0 aliphatic rings. The minimum atomic E-state index is -1.13. The van der Waals surface area contributed by atoms with E-state index in [1.807, 2.05) is 5.43 Å². The number of hydrazone groups is 1. The van der Waals surface area contributed by atoms with Crippen molar-refractivity contribution in [3.8, 4) is 5.75 Å². The number of nitrogens with two attached hydrogens (primary N) is 1. The second kappa shape index (κ2) is 5.26. The van der Waals surface area contributed by atoms with Crippen LogP contribution < -0.4 is 11.2 Å². The van der Waals surface area contributed by atoms with Crippen LogP contribution in [0.4, 0.5) is 0 Å². The molecule has 0 aromatic heterocycles. The van der Waals surface area contributed by atoms with Gasteiger partial charge in [0.1, 0.15) is 5.75 Å². The van der Waals surface area contributed by atoms with E-state index in [-0.39, 0.29) is 5.75 Å². The predicted octanol–water partition coefficient (Wildman–Crippen LogP) is 0.0901. The van der Waals surface area contributed by atoms with Crippen molar-refractivity contribution in [3.63, 3.8) is 0 Å². The van der Waals surface area contributed by atoms with Crippen molar-refractivity contribution in [2.24, 2.45) is 10.8 Å². The van der Waals surface area contributed by atoms with Gasteiger partial charge >= 0.3 is 11.8 Å². The third kappa shape index (κ3) is 3.35. The molecule has 0 spiro atoms. The van der Waals surface area contributed by atoms with Crippen molar-refractivity contribution in [2.45, 2.75) is 0 Å². The molecular formula is C9H8BrN3O3. The first kappa shape index (κ1) is 12.2. The van der Waals surface area contributed by atoms with Gasteiger partial charge in [-0.1, -0.05) is 15.9 Å². The summed E-state index contributed by atoms with van der Waals surface area (Å²) in [7, 11) is 0. The number of hydrogen-bond donors (Lipinski definition) is 3. The summed E-state index contributed by atoms with van der Waals surface area (Å²) < 4.78 is 0.743. The lowest BCUT2D eigenvalue weighted by molar-refractivity contribution is -0.137. The van der Waals surface area contributed by atoms with Gasteiger partial charge < -0.3 is 10.8 Å². The maximum absolute atomic E-state index is 10.7. The highest BCUT2D eigenvalue weighted by Gasteiger charge is 2.05. The van der Waals surface area contributed by atoms with Crippen LogP contribution in [0.2, 0.25) is 0 Å². The number of amides is 2. The van der Waals surface area contributed by atoms with Crippen LogP contribution in [0.15, 0.2) is 27.8 Å². The van der Waals surface area contributed by atoms with Crippen LogP contribution >= 0.6 is 15.9 Å². The van der Waals surface area contributed by atoms with Crippen molar-refractivity contribution in [2.75, 3.05) is 0 Å². The normalized spacial score (nSPS) is 10.3. The summed E-state index contributed by atoms with van der Waals surface area (Å²) >= 11 is 3.21. The van der Waals surface area contributed by atoms with E-state index in [4.69, 9.17) is 0 Å². The molecular weight excluding hydrogens is 278 g/mol. The Labute approximate surface area is 99.3 Å². The molecule has 0 heterocycles. The van der Waals surface area contributed by atoms with E-state index < -0.39 is 11.8 Å². The van der Waals surface area contributed by atoms with E-state index in [0.29, 0.717) is 5.56 Å². The van der Waals surface area contributed by atoms with Crippen LogP contribution in [0.1, 0.15) is 5.56 Å². The van der Waals surface area contributed by atoms with Crippen molar-refractivity contribution in [1.82, 2.24) is 5.43 Å². The topological polar surface area (TPSA) is 105 Å². The first-order valence-corrected chi connectivity index (χ1v) is 4.91. The van der Waals surface area contributed by atoms with E-state index >= 15 is 0 Å². The maximum Gasteiger partial charge on any atom is 0.329 e. The van der Waals surface area contributed by atoms with Gasteiger partial charge in [-0.2, -0.15) is 5.10 Å². The van der Waals surface area contributed by atoms with Gasteiger partial charge in [0.25, 0.3) is 0 Å². The van der Waals surface area contributed by atoms with Crippen LogP contribution in [0.3, 0.4) is 0 Å². The smallest absolute Gasteiger partial charge is 0.329 e. The fourth-order valence-corrected chi connectivity index (χ4v) is 1.22. The molecule has 84 valence electrons. The van der Waals surface area contributed by atoms with Crippen LogP contribution in [-0.2, 0) is 9.59 Å². The Hall–Kier alpha value is -1.89. The van der Waals surface area contributed by atoms with E-state index in [2.05, 4.69) is 26.8 Å². The van der Waals surface area contributed by atoms with Crippen LogP contribution in [-0.4, -0.2) is 23.1 Å². The molecule has 0 saturated carbocycles. The molecule has 1 aromatic carbocycles. The number of halogens is 1. The molecule has 0 atom stereocenters. The highest BCUT2D eigenvalue weighted by atomic mass is 79.9. The molecule has 1 aromatic rings. The highest BCUT2D eigenvalue weighted by Crippen LogP contribution is 2.19. The molecule has 0 fully saturated rings. The summed E-state index contributed by atoms with van der Waals surface area (Å²) in [5, 5.41) is 12.9. The number of aromatic hydroxyl groups is 1. The molecule has 0 radical (unpaired) electrons. The summed E-state index contributed by atoms with van der Waals surface area (Å²) in [6, 6.07) is 4.70. The first-order valence-electron chi connectivity index (χ1n) is 4.12. The molecule has 7 heteroatoms. The number of phenolic OH excluding ortho intramolecular Hbond substituents is 1. The lowest BCUT2D eigenvalue weighted by Crippen LogP contribution is -2.32. The Morgan fingerprint density at radius 1 is 1.50 bits per heavy atom. The lowest BCUT2D eigenvalue weighted by atomic mass is 10.2. The Morgan fingerprint density at radius 3 is 2.81 bits per heavy atom. The van der Waals surface area contributed by atoms with Crippen molar-refractivity contribution >= 4 is 34.0 Å². The number of nitrogens with one attached hydrogen (secondary N) is 1. The van der Waals surface area contributed by atoms with Gasteiger partial charge in [-0.25, -0.2) is 5.43 Å². The molecule has 16 heavy (non-hydrogen) atoms. The summed E-state index contributed by atoms with van der Waals surface area (Å²) in [6.45, 7) is 0. The molecule has 0 unspecified atom stereocenters. The average Bonchev–Trinajstić information content (AvgIpc) is 2.22. The number of nitrogens with zero attached hydrogens (tertiary/aromatic N) is 1. The summed E-state index contributed by atoms with van der Waals surface area (Å²) in [6.07, 6.45) is 1.20. The fourth-order valence-electron chi connectivity index (χ4n) is 0.844. The summed E-state index contributed by atoms with van der Waals surface area (Å²) in [5.74, 6) is -2.15. The molecule has 6 nitrogen and oxygen atoms in total. The summed E-state index contributed by atoms with van der Waals surface area (Å²) in [5.41, 5.74) is 6.98. The summed E-state index contributed by atoms with van der Waals surface area (Å²) in [4.78, 5) is 21.1. The quantitative estimate of drug-likeness (QED) is 0.407. The minimum absolute atomic E-state index is 0.000254. The third-order valence-corrected chi connectivity index (χ3v) is 2.08. The van der Waals surface area contributed by atoms with Crippen molar-refractivity contribution in [1.29, 1.82) is 0 Å². The van der Waals surface area contributed by atoms with Crippen LogP contribution in [0.25, 0.3) is 0 Å². The first-order chi connectivity index (χ1) is 7.50. The second-order valence-corrected chi connectivity index (χ2v) is 3.68. The Kier molecular flexibility index (Phi) is 4.01. The van der Waals surface area contributed by atoms with Gasteiger partial charge in [-0.05, 0) is 18.2 Å². The average molecular weight is 286 g/mol. The van der Waals surface area contributed by atoms with Crippen LogP contribution in [0.5, 0.6) is 5.75 Å². The molecule has 4 N–H and O–H groups in total. The van der Waals surface area contributed by atoms with E-state index in [1.54, 1.807) is 12.1 Å². The molecule has 0 saturated heterocycles. The number of carbonyl (C=O) groups excluding carboxylic acids is 2. The lowest BCUT2D eigenvalue weighted by Gasteiger charge is -1.99. The Balaban J connectivity index is 2.73. The fraction of sp³-hybridized carbons (Fsp3) is 0. The predicted molar refractivity (Wildman–Crippen MR) is 60.7 cm³/mol. The van der Waals surface area contributed by atoms with Gasteiger partial charge in [-0.3, -0.25) is 9.59 Å². The molecule has 0 aliphatic carbocycles. The molecule has 0 aliphatic heterocycles. The monoisotopic (exact) mass is 285 g/mol. The third-order valence-electron chi connectivity index (χ3n) is 1.58. The van der Waals surface area contributed by atoms with E-state index in [9.17, 15) is 14.7 Å². The number of primary amides is 1. The molecule has 1 rings (SSSR count). The van der Waals surface area contributed by atoms with Gasteiger partial charge in [0.05, 0.1) is 6.21 Å². The van der Waals surface area contributed by atoms with Gasteiger partial charge in [0.2, 0.25) is 0 Å². The number of phenols is 1. The van der Waals surface area contributed by atoms with Crippen molar-refractivity contribution < 1.29 is 14.7 Å². The zero-order valence-corrected chi connectivity index (χ0v) is 9.56. The number of carbonyl (C=O) groups is 2. The Morgan fingerprint density at radius 2 is 2.19 bits per heavy atom. The van der Waals surface area contributed by atoms with E-state index in [1.165, 1.54) is 12.3 Å². The van der Waals surface area contributed by atoms with Gasteiger partial charge in [0, 0.05) is 10.0 Å². The molecule has 0 bridgehead atoms.